The first-order chi connectivity index (χ1) is 9.07. The average molecular weight is 295 g/mol. The Morgan fingerprint density at radius 2 is 1.89 bits per heavy atom. The van der Waals surface area contributed by atoms with E-state index in [0.29, 0.717) is 0 Å². The van der Waals surface area contributed by atoms with E-state index in [1.54, 1.807) is 6.07 Å². The predicted molar refractivity (Wildman–Crippen MR) is 88.1 cm³/mol. The largest absolute Gasteiger partial charge is 0.304 e. The molecular weight excluding hydrogens is 274 g/mol. The molecule has 0 aliphatic heterocycles. The predicted octanol–water partition coefficient (Wildman–Crippen LogP) is 4.16. The first-order valence-electron chi connectivity index (χ1n) is 6.27. The average Bonchev–Trinajstić information content (AvgIpc) is 2.41. The number of thiol groups is 1. The molecule has 0 fully saturated rings. The molecule has 0 bridgehead atoms. The zero-order chi connectivity index (χ0) is 14.7. The van der Waals surface area contributed by atoms with Crippen LogP contribution in [0.15, 0.2) is 29.2 Å². The van der Waals surface area contributed by atoms with Crippen molar-refractivity contribution in [2.24, 2.45) is 0 Å². The van der Waals surface area contributed by atoms with E-state index < -0.39 is 0 Å². The van der Waals surface area contributed by atoms with E-state index in [2.05, 4.69) is 44.2 Å². The number of thioether (sulfide) groups is 1. The maximum absolute atomic E-state index is 10.6. The fourth-order valence-electron chi connectivity index (χ4n) is 1.42. The van der Waals surface area contributed by atoms with E-state index in [4.69, 9.17) is 6.42 Å². The van der Waals surface area contributed by atoms with Gasteiger partial charge in [-0.05, 0) is 49.6 Å². The molecule has 4 heteroatoms. The first kappa shape index (κ1) is 18.1. The molecule has 2 nitrogen and oxygen atoms in total. The normalized spacial score (nSPS) is 9.47. The summed E-state index contributed by atoms with van der Waals surface area (Å²) >= 11 is 4.70. The second-order valence-corrected chi connectivity index (χ2v) is 5.41. The molecule has 0 atom stereocenters. The lowest BCUT2D eigenvalue weighted by Crippen LogP contribution is -2.21. The Labute approximate surface area is 126 Å². The molecule has 0 saturated heterocycles. The lowest BCUT2D eigenvalue weighted by atomic mass is 10.2. The van der Waals surface area contributed by atoms with E-state index in [0.717, 1.165) is 22.2 Å². The van der Waals surface area contributed by atoms with Gasteiger partial charge in [0.1, 0.15) is 0 Å². The van der Waals surface area contributed by atoms with Crippen molar-refractivity contribution in [1.29, 1.82) is 0 Å². The van der Waals surface area contributed by atoms with Crippen LogP contribution in [-0.2, 0) is 0 Å². The number of hydrogen-bond donors (Lipinski definition) is 1. The van der Waals surface area contributed by atoms with Crippen LogP contribution < -0.4 is 0 Å². The second-order valence-electron chi connectivity index (χ2n) is 3.66. The third kappa shape index (κ3) is 8.77. The molecule has 0 amide bonds. The number of carbonyl (C=O) groups excluding carboxylic acids is 1. The smallest absolute Gasteiger partial charge is 0.247 e. The van der Waals surface area contributed by atoms with Gasteiger partial charge in [0.05, 0.1) is 0 Å². The van der Waals surface area contributed by atoms with Crippen LogP contribution >= 0.6 is 24.4 Å². The van der Waals surface area contributed by atoms with Crippen LogP contribution in [-0.4, -0.2) is 29.0 Å². The summed E-state index contributed by atoms with van der Waals surface area (Å²) in [5.41, 5.74) is 0.773. The highest BCUT2D eigenvalue weighted by Crippen LogP contribution is 2.21. The summed E-state index contributed by atoms with van der Waals surface area (Å²) in [5, 5.41) is 0. The monoisotopic (exact) mass is 295 g/mol. The fourth-order valence-corrected chi connectivity index (χ4v) is 2.27. The summed E-state index contributed by atoms with van der Waals surface area (Å²) in [6.07, 6.45) is 5.19. The van der Waals surface area contributed by atoms with Crippen molar-refractivity contribution in [3.63, 3.8) is 0 Å². The summed E-state index contributed by atoms with van der Waals surface area (Å²) in [4.78, 5) is 13.8. The number of benzene rings is 1. The zero-order valence-corrected chi connectivity index (χ0v) is 13.4. The van der Waals surface area contributed by atoms with Crippen molar-refractivity contribution in [3.8, 4) is 12.3 Å². The van der Waals surface area contributed by atoms with Crippen LogP contribution in [0, 0.1) is 12.3 Å². The van der Waals surface area contributed by atoms with Gasteiger partial charge in [0.15, 0.2) is 0 Å². The Balaban J connectivity index is 0.000000399. The van der Waals surface area contributed by atoms with Gasteiger partial charge < -0.3 is 4.90 Å². The Bertz CT molecular complexity index is 417. The number of nitrogens with zero attached hydrogens (tertiary/aromatic N) is 1. The van der Waals surface area contributed by atoms with E-state index in [1.165, 1.54) is 19.6 Å². The van der Waals surface area contributed by atoms with Crippen LogP contribution in [0.3, 0.4) is 0 Å². The highest BCUT2D eigenvalue weighted by Gasteiger charge is 1.98. The van der Waals surface area contributed by atoms with Crippen LogP contribution in [0.1, 0.15) is 26.3 Å². The maximum atomic E-state index is 10.6. The standard InChI is InChI=1S/C9H6OS2.C6H15N/c1-2-7-4-3-5-8(6-7)12-9(10)11;1-4-7(5-2)6-3/h1,3-6H,(H,10,11);4-6H2,1-3H3. The van der Waals surface area contributed by atoms with Gasteiger partial charge >= 0.3 is 0 Å². The van der Waals surface area contributed by atoms with Gasteiger partial charge in [-0.25, -0.2) is 0 Å². The summed E-state index contributed by atoms with van der Waals surface area (Å²) < 4.78 is -0.232. The van der Waals surface area contributed by atoms with Gasteiger partial charge in [-0.1, -0.05) is 45.4 Å². The fraction of sp³-hybridized carbons (Fsp3) is 0.400. The first-order valence-corrected chi connectivity index (χ1v) is 7.53. The van der Waals surface area contributed by atoms with E-state index in [9.17, 15) is 4.79 Å². The van der Waals surface area contributed by atoms with Crippen molar-refractivity contribution < 1.29 is 4.79 Å². The van der Waals surface area contributed by atoms with Crippen LogP contribution in [0.2, 0.25) is 0 Å². The van der Waals surface area contributed by atoms with Crippen LogP contribution in [0.25, 0.3) is 0 Å². The second kappa shape index (κ2) is 11.0. The van der Waals surface area contributed by atoms with E-state index in [-0.39, 0.29) is 4.45 Å². The summed E-state index contributed by atoms with van der Waals surface area (Å²) in [6.45, 7) is 10.1. The Morgan fingerprint density at radius 1 is 1.32 bits per heavy atom. The van der Waals surface area contributed by atoms with Gasteiger partial charge in [-0.2, -0.15) is 0 Å². The lowest BCUT2D eigenvalue weighted by molar-refractivity contribution is 0.277. The molecule has 1 aromatic carbocycles. The molecule has 0 aliphatic carbocycles. The van der Waals surface area contributed by atoms with Crippen LogP contribution in [0.4, 0.5) is 4.79 Å². The molecule has 0 aliphatic rings. The van der Waals surface area contributed by atoms with E-state index in [1.807, 2.05) is 18.2 Å². The molecular formula is C15H21NOS2. The highest BCUT2D eigenvalue weighted by atomic mass is 32.2. The summed E-state index contributed by atoms with van der Waals surface area (Å²) in [5.74, 6) is 2.49. The number of carbonyl (C=O) groups is 1. The van der Waals surface area contributed by atoms with Crippen molar-refractivity contribution in [2.45, 2.75) is 25.7 Å². The van der Waals surface area contributed by atoms with Crippen molar-refractivity contribution >= 4 is 28.8 Å². The number of terminal acetylenes is 1. The minimum Gasteiger partial charge on any atom is -0.304 e. The molecule has 0 heterocycles. The molecule has 0 aromatic heterocycles. The topological polar surface area (TPSA) is 20.3 Å². The molecule has 1 aromatic rings. The maximum Gasteiger partial charge on any atom is 0.247 e. The van der Waals surface area contributed by atoms with E-state index >= 15 is 0 Å². The molecule has 0 radical (unpaired) electrons. The minimum absolute atomic E-state index is 0.232. The molecule has 0 unspecified atom stereocenters. The highest BCUT2D eigenvalue weighted by molar-refractivity contribution is 8.32. The zero-order valence-electron chi connectivity index (χ0n) is 11.7. The summed E-state index contributed by atoms with van der Waals surface area (Å²) in [7, 11) is 0. The Kier molecular flexibility index (Phi) is 10.5. The molecule has 1 rings (SSSR count). The number of hydrogen-bond acceptors (Lipinski definition) is 3. The minimum atomic E-state index is -0.232. The number of rotatable bonds is 4. The van der Waals surface area contributed by atoms with Crippen molar-refractivity contribution in [2.75, 3.05) is 19.6 Å². The molecule has 0 spiro atoms. The molecule has 0 saturated carbocycles. The van der Waals surface area contributed by atoms with Gasteiger partial charge in [0, 0.05) is 10.5 Å². The molecule has 0 N–H and O–H groups in total. The lowest BCUT2D eigenvalue weighted by Gasteiger charge is -2.13. The van der Waals surface area contributed by atoms with Crippen molar-refractivity contribution in [1.82, 2.24) is 4.90 Å². The SMILES string of the molecule is C#Cc1cccc(SC(=O)S)c1.CCN(CC)CC. The Morgan fingerprint density at radius 3 is 2.26 bits per heavy atom. The van der Waals surface area contributed by atoms with Gasteiger partial charge in [-0.15, -0.1) is 6.42 Å². The van der Waals surface area contributed by atoms with Crippen molar-refractivity contribution in [3.05, 3.63) is 29.8 Å². The van der Waals surface area contributed by atoms with Gasteiger partial charge in [-0.3, -0.25) is 4.79 Å². The third-order valence-corrected chi connectivity index (χ3v) is 3.49. The van der Waals surface area contributed by atoms with Gasteiger partial charge in [0.25, 0.3) is 0 Å². The van der Waals surface area contributed by atoms with Crippen LogP contribution in [0.5, 0.6) is 0 Å². The van der Waals surface area contributed by atoms with Gasteiger partial charge in [0.2, 0.25) is 4.45 Å². The molecule has 19 heavy (non-hydrogen) atoms. The third-order valence-electron chi connectivity index (χ3n) is 2.55. The Hall–Kier alpha value is -0.890. The summed E-state index contributed by atoms with van der Waals surface area (Å²) in [6, 6.07) is 7.22. The molecule has 104 valence electrons. The quantitative estimate of drug-likeness (QED) is 0.512.